The lowest BCUT2D eigenvalue weighted by Gasteiger charge is -2.37. The number of nitrogens with one attached hydrogen (secondary N) is 1. The van der Waals surface area contributed by atoms with E-state index in [1.165, 1.54) is 22.7 Å². The summed E-state index contributed by atoms with van der Waals surface area (Å²) in [6, 6.07) is 10.2. The van der Waals surface area contributed by atoms with Gasteiger partial charge in [0.15, 0.2) is 6.29 Å². The maximum Gasteiger partial charge on any atom is 0.416 e. The molecule has 0 bridgehead atoms. The lowest BCUT2D eigenvalue weighted by atomic mass is 10.2. The maximum absolute atomic E-state index is 12.4. The molecule has 7 nitrogen and oxygen atoms in total. The topological polar surface area (TPSA) is 65.1 Å². The zero-order valence-electron chi connectivity index (χ0n) is 14.6. The van der Waals surface area contributed by atoms with Crippen LogP contribution < -0.4 is 5.32 Å². The van der Waals surface area contributed by atoms with Crippen LogP contribution in [0.25, 0.3) is 0 Å². The summed E-state index contributed by atoms with van der Waals surface area (Å²) in [5.41, 5.74) is 1.23. The normalized spacial score (nSPS) is 22.4. The minimum absolute atomic E-state index is 0.00640. The van der Waals surface area contributed by atoms with Gasteiger partial charge >= 0.3 is 6.09 Å². The Morgan fingerprint density at radius 1 is 1.36 bits per heavy atom. The Balaban J connectivity index is 1.65. The summed E-state index contributed by atoms with van der Waals surface area (Å²) in [5.74, 6) is -0.0892. The zero-order valence-corrected chi connectivity index (χ0v) is 14.6. The van der Waals surface area contributed by atoms with Crippen molar-refractivity contribution in [2.45, 2.75) is 25.8 Å². The minimum atomic E-state index is -0.480. The highest BCUT2D eigenvalue weighted by Gasteiger charge is 2.43. The standard InChI is InChI=1S/C18H24N4O3/c1-3-25-18(24)21-10-9-16(23)22-15(11-19-17(21)22)13-20(2)12-14-7-5-4-6-8-14/h4-10,15,17,19H,3,11-13H2,1-2H3. The molecule has 2 aliphatic rings. The van der Waals surface area contributed by atoms with Gasteiger partial charge in [0.05, 0.1) is 12.6 Å². The van der Waals surface area contributed by atoms with Gasteiger partial charge in [-0.15, -0.1) is 0 Å². The molecule has 1 aromatic carbocycles. The lowest BCUT2D eigenvalue weighted by molar-refractivity contribution is -0.133. The van der Waals surface area contributed by atoms with E-state index in [1.54, 1.807) is 11.8 Å². The smallest absolute Gasteiger partial charge is 0.416 e. The Kier molecular flexibility index (Phi) is 5.35. The van der Waals surface area contributed by atoms with E-state index in [0.717, 1.165) is 6.54 Å². The van der Waals surface area contributed by atoms with Crippen LogP contribution in [0.2, 0.25) is 0 Å². The summed E-state index contributed by atoms with van der Waals surface area (Å²) in [6.45, 7) is 4.22. The van der Waals surface area contributed by atoms with Crippen molar-refractivity contribution in [1.29, 1.82) is 0 Å². The number of ether oxygens (including phenoxy) is 1. The number of amides is 2. The highest BCUT2D eigenvalue weighted by atomic mass is 16.6. The predicted molar refractivity (Wildman–Crippen MR) is 93.2 cm³/mol. The van der Waals surface area contributed by atoms with Crippen molar-refractivity contribution in [2.24, 2.45) is 0 Å². The molecular weight excluding hydrogens is 320 g/mol. The molecule has 2 amide bonds. The van der Waals surface area contributed by atoms with Crippen LogP contribution in [0, 0.1) is 0 Å². The van der Waals surface area contributed by atoms with Crippen LogP contribution in [0.5, 0.6) is 0 Å². The molecule has 2 heterocycles. The quantitative estimate of drug-likeness (QED) is 0.869. The Morgan fingerprint density at radius 3 is 2.84 bits per heavy atom. The molecule has 3 rings (SSSR count). The summed E-state index contributed by atoms with van der Waals surface area (Å²) in [4.78, 5) is 29.8. The molecule has 25 heavy (non-hydrogen) atoms. The third-order valence-electron chi connectivity index (χ3n) is 4.38. The molecular formula is C18H24N4O3. The summed E-state index contributed by atoms with van der Waals surface area (Å²) in [6.07, 6.45) is 1.98. The number of rotatable bonds is 5. The number of hydrogen-bond donors (Lipinski definition) is 1. The van der Waals surface area contributed by atoms with Gasteiger partial charge in [-0.25, -0.2) is 9.69 Å². The first-order valence-electron chi connectivity index (χ1n) is 8.51. The van der Waals surface area contributed by atoms with Gasteiger partial charge in [0.25, 0.3) is 5.91 Å². The van der Waals surface area contributed by atoms with Gasteiger partial charge in [0, 0.05) is 31.9 Å². The van der Waals surface area contributed by atoms with Crippen LogP contribution in [0.1, 0.15) is 12.5 Å². The minimum Gasteiger partial charge on any atom is -0.449 e. The number of likely N-dealkylation sites (N-methyl/N-ethyl adjacent to an activating group) is 1. The van der Waals surface area contributed by atoms with Gasteiger partial charge < -0.3 is 9.64 Å². The Bertz CT molecular complexity index is 649. The molecule has 2 aliphatic heterocycles. The van der Waals surface area contributed by atoms with Crippen molar-refractivity contribution in [2.75, 3.05) is 26.7 Å². The van der Waals surface area contributed by atoms with Gasteiger partial charge in [-0.3, -0.25) is 15.0 Å². The SMILES string of the molecule is CCOC(=O)N1C=CC(=O)N2C(CN(C)Cc3ccccc3)CNC12. The van der Waals surface area contributed by atoms with Gasteiger partial charge in [0.2, 0.25) is 0 Å². The molecule has 1 N–H and O–H groups in total. The van der Waals surface area contributed by atoms with Crippen molar-refractivity contribution >= 4 is 12.0 Å². The first kappa shape index (κ1) is 17.4. The summed E-state index contributed by atoms with van der Waals surface area (Å²) < 4.78 is 5.07. The Morgan fingerprint density at radius 2 is 2.12 bits per heavy atom. The largest absolute Gasteiger partial charge is 0.449 e. The molecule has 0 radical (unpaired) electrons. The van der Waals surface area contributed by atoms with Crippen molar-refractivity contribution < 1.29 is 14.3 Å². The fraction of sp³-hybridized carbons (Fsp3) is 0.444. The predicted octanol–water partition coefficient (Wildman–Crippen LogP) is 1.19. The van der Waals surface area contributed by atoms with Crippen LogP contribution in [0.3, 0.4) is 0 Å². The second-order valence-electron chi connectivity index (χ2n) is 6.29. The average Bonchev–Trinajstić information content (AvgIpc) is 3.00. The number of carbonyl (C=O) groups excluding carboxylic acids is 2. The van der Waals surface area contributed by atoms with E-state index in [2.05, 4.69) is 22.3 Å². The van der Waals surface area contributed by atoms with Gasteiger partial charge in [-0.1, -0.05) is 30.3 Å². The van der Waals surface area contributed by atoms with E-state index in [1.807, 2.05) is 25.2 Å². The van der Waals surface area contributed by atoms with Crippen molar-refractivity contribution in [1.82, 2.24) is 20.0 Å². The summed E-state index contributed by atoms with van der Waals surface area (Å²) in [7, 11) is 2.04. The Labute approximate surface area is 147 Å². The number of hydrogen-bond acceptors (Lipinski definition) is 5. The van der Waals surface area contributed by atoms with Crippen LogP contribution in [0.15, 0.2) is 42.6 Å². The fourth-order valence-electron chi connectivity index (χ4n) is 3.31. The molecule has 2 unspecified atom stereocenters. The van der Waals surface area contributed by atoms with E-state index >= 15 is 0 Å². The maximum atomic E-state index is 12.4. The van der Waals surface area contributed by atoms with Crippen LogP contribution in [0.4, 0.5) is 4.79 Å². The number of carbonyl (C=O) groups is 2. The Hall–Kier alpha value is -2.38. The van der Waals surface area contributed by atoms with Crippen LogP contribution >= 0.6 is 0 Å². The van der Waals surface area contributed by atoms with E-state index < -0.39 is 12.4 Å². The molecule has 1 fully saturated rings. The molecule has 0 aliphatic carbocycles. The molecule has 0 saturated carbocycles. The zero-order chi connectivity index (χ0) is 17.8. The lowest BCUT2D eigenvalue weighted by Crippen LogP contribution is -2.57. The first-order valence-corrected chi connectivity index (χ1v) is 8.51. The molecule has 0 aromatic heterocycles. The monoisotopic (exact) mass is 344 g/mol. The van der Waals surface area contributed by atoms with E-state index in [0.29, 0.717) is 19.7 Å². The summed E-state index contributed by atoms with van der Waals surface area (Å²) in [5, 5.41) is 3.25. The first-order chi connectivity index (χ1) is 12.1. The van der Waals surface area contributed by atoms with Gasteiger partial charge in [0.1, 0.15) is 0 Å². The number of nitrogens with zero attached hydrogens (tertiary/aromatic N) is 3. The number of fused-ring (bicyclic) bond motifs is 1. The number of benzene rings is 1. The van der Waals surface area contributed by atoms with Crippen molar-refractivity contribution in [3.63, 3.8) is 0 Å². The second-order valence-corrected chi connectivity index (χ2v) is 6.29. The second kappa shape index (κ2) is 7.67. The van der Waals surface area contributed by atoms with Gasteiger partial charge in [-0.2, -0.15) is 0 Å². The van der Waals surface area contributed by atoms with Crippen LogP contribution in [-0.4, -0.2) is 65.8 Å². The fourth-order valence-corrected chi connectivity index (χ4v) is 3.31. The van der Waals surface area contributed by atoms with E-state index in [-0.39, 0.29) is 11.9 Å². The highest BCUT2D eigenvalue weighted by molar-refractivity contribution is 5.90. The third-order valence-corrected chi connectivity index (χ3v) is 4.38. The van der Waals surface area contributed by atoms with E-state index in [9.17, 15) is 9.59 Å². The summed E-state index contributed by atoms with van der Waals surface area (Å²) >= 11 is 0. The van der Waals surface area contributed by atoms with Crippen molar-refractivity contribution in [3.8, 4) is 0 Å². The molecule has 7 heteroatoms. The molecule has 2 atom stereocenters. The average molecular weight is 344 g/mol. The van der Waals surface area contributed by atoms with E-state index in [4.69, 9.17) is 4.74 Å². The van der Waals surface area contributed by atoms with Gasteiger partial charge in [-0.05, 0) is 19.5 Å². The molecule has 134 valence electrons. The third kappa shape index (κ3) is 3.83. The van der Waals surface area contributed by atoms with Crippen molar-refractivity contribution in [3.05, 3.63) is 48.2 Å². The molecule has 1 aromatic rings. The molecule has 0 spiro atoms. The highest BCUT2D eigenvalue weighted by Crippen LogP contribution is 2.22. The molecule has 1 saturated heterocycles. The van der Waals surface area contributed by atoms with Crippen LogP contribution in [-0.2, 0) is 16.1 Å².